The van der Waals surface area contributed by atoms with Crippen LogP contribution in [0.4, 0.5) is 0 Å². The van der Waals surface area contributed by atoms with E-state index in [1.807, 2.05) is 0 Å². The molecule has 1 aromatic rings. The number of halogens is 2. The van der Waals surface area contributed by atoms with E-state index in [1.54, 1.807) is 18.2 Å². The largest absolute Gasteiger partial charge is 0.294 e. The van der Waals surface area contributed by atoms with Gasteiger partial charge in [-0.05, 0) is 43.4 Å². The van der Waals surface area contributed by atoms with Gasteiger partial charge in [0.2, 0.25) is 0 Å². The van der Waals surface area contributed by atoms with Crippen molar-refractivity contribution < 1.29 is 4.79 Å². The summed E-state index contributed by atoms with van der Waals surface area (Å²) in [6.45, 7) is 2.19. The quantitative estimate of drug-likeness (QED) is 0.707. The summed E-state index contributed by atoms with van der Waals surface area (Å²) in [7, 11) is 0. The number of carbonyl (C=O) groups excluding carboxylic acids is 1. The summed E-state index contributed by atoms with van der Waals surface area (Å²) < 4.78 is 0. The first-order valence-electron chi connectivity index (χ1n) is 5.57. The van der Waals surface area contributed by atoms with Crippen LogP contribution in [0.25, 0.3) is 0 Å². The maximum absolute atomic E-state index is 12.2. The Bertz CT molecular complexity index is 414. The van der Waals surface area contributed by atoms with Crippen molar-refractivity contribution in [2.24, 2.45) is 11.8 Å². The first-order chi connectivity index (χ1) is 7.58. The number of ketones is 1. The summed E-state index contributed by atoms with van der Waals surface area (Å²) in [5, 5.41) is 1.08. The SMILES string of the molecule is CC1CCC(C(=O)c2cc(Cl)ccc2Cl)C1. The van der Waals surface area contributed by atoms with E-state index in [9.17, 15) is 4.79 Å². The number of Topliss-reactive ketones (excluding diaryl/α,β-unsaturated/α-hetero) is 1. The second kappa shape index (κ2) is 4.77. The minimum atomic E-state index is 0.131. The molecule has 1 aliphatic rings. The molecule has 0 aliphatic heterocycles. The summed E-state index contributed by atoms with van der Waals surface area (Å²) in [5.41, 5.74) is 0.577. The lowest BCUT2D eigenvalue weighted by atomic mass is 9.95. The Morgan fingerprint density at radius 2 is 2.06 bits per heavy atom. The van der Waals surface area contributed by atoms with Gasteiger partial charge in [-0.1, -0.05) is 30.1 Å². The Hall–Kier alpha value is -0.530. The van der Waals surface area contributed by atoms with E-state index in [-0.39, 0.29) is 11.7 Å². The molecule has 0 heterocycles. The van der Waals surface area contributed by atoms with Gasteiger partial charge in [-0.25, -0.2) is 0 Å². The van der Waals surface area contributed by atoms with E-state index in [1.165, 1.54) is 0 Å². The predicted molar refractivity (Wildman–Crippen MR) is 67.3 cm³/mol. The highest BCUT2D eigenvalue weighted by atomic mass is 35.5. The molecule has 86 valence electrons. The lowest BCUT2D eigenvalue weighted by molar-refractivity contribution is 0.0920. The minimum Gasteiger partial charge on any atom is -0.294 e. The van der Waals surface area contributed by atoms with Gasteiger partial charge in [0.25, 0.3) is 0 Å². The average Bonchev–Trinajstić information content (AvgIpc) is 2.67. The Morgan fingerprint density at radius 3 is 2.69 bits per heavy atom. The van der Waals surface area contributed by atoms with Crippen molar-refractivity contribution in [2.45, 2.75) is 26.2 Å². The molecule has 0 N–H and O–H groups in total. The van der Waals surface area contributed by atoms with Crippen LogP contribution < -0.4 is 0 Å². The summed E-state index contributed by atoms with van der Waals surface area (Å²) in [6, 6.07) is 5.07. The molecule has 1 aliphatic carbocycles. The highest BCUT2D eigenvalue weighted by molar-refractivity contribution is 6.36. The topological polar surface area (TPSA) is 17.1 Å². The molecule has 0 spiro atoms. The Kier molecular flexibility index (Phi) is 3.56. The lowest BCUT2D eigenvalue weighted by Crippen LogP contribution is -2.12. The summed E-state index contributed by atoms with van der Waals surface area (Å²) >= 11 is 11.9. The van der Waals surface area contributed by atoms with Crippen molar-refractivity contribution in [3.8, 4) is 0 Å². The van der Waals surface area contributed by atoms with Crippen LogP contribution in [0.3, 0.4) is 0 Å². The van der Waals surface area contributed by atoms with E-state index < -0.39 is 0 Å². The highest BCUT2D eigenvalue weighted by Gasteiger charge is 2.29. The molecular formula is C13H14Cl2O. The zero-order valence-electron chi connectivity index (χ0n) is 9.17. The van der Waals surface area contributed by atoms with Crippen LogP contribution in [0.15, 0.2) is 18.2 Å². The van der Waals surface area contributed by atoms with Crippen LogP contribution in [0.2, 0.25) is 10.0 Å². The third kappa shape index (κ3) is 2.41. The fourth-order valence-electron chi connectivity index (χ4n) is 2.35. The first-order valence-corrected chi connectivity index (χ1v) is 6.33. The second-order valence-electron chi connectivity index (χ2n) is 4.60. The molecular weight excluding hydrogens is 243 g/mol. The molecule has 1 nitrogen and oxygen atoms in total. The van der Waals surface area contributed by atoms with Crippen molar-refractivity contribution in [1.29, 1.82) is 0 Å². The zero-order chi connectivity index (χ0) is 11.7. The Morgan fingerprint density at radius 1 is 1.31 bits per heavy atom. The van der Waals surface area contributed by atoms with Crippen LogP contribution in [0.5, 0.6) is 0 Å². The molecule has 2 atom stereocenters. The Labute approximate surface area is 106 Å². The van der Waals surface area contributed by atoms with Gasteiger partial charge in [-0.3, -0.25) is 4.79 Å². The van der Waals surface area contributed by atoms with Crippen molar-refractivity contribution in [1.82, 2.24) is 0 Å². The molecule has 2 rings (SSSR count). The predicted octanol–water partition coefficient (Wildman–Crippen LogP) is 4.61. The number of rotatable bonds is 2. The summed E-state index contributed by atoms with van der Waals surface area (Å²) in [5.74, 6) is 0.926. The number of hydrogen-bond donors (Lipinski definition) is 0. The number of benzene rings is 1. The molecule has 2 unspecified atom stereocenters. The second-order valence-corrected chi connectivity index (χ2v) is 5.45. The third-order valence-electron chi connectivity index (χ3n) is 3.26. The van der Waals surface area contributed by atoms with Gasteiger partial charge >= 0.3 is 0 Å². The molecule has 0 bridgehead atoms. The molecule has 3 heteroatoms. The standard InChI is InChI=1S/C13H14Cl2O/c1-8-2-3-9(6-8)13(16)11-7-10(14)4-5-12(11)15/h4-5,7-9H,2-3,6H2,1H3. The van der Waals surface area contributed by atoms with Gasteiger partial charge in [0, 0.05) is 16.5 Å². The molecule has 0 amide bonds. The van der Waals surface area contributed by atoms with Crippen molar-refractivity contribution >= 4 is 29.0 Å². The summed E-state index contributed by atoms with van der Waals surface area (Å²) in [4.78, 5) is 12.2. The van der Waals surface area contributed by atoms with E-state index in [4.69, 9.17) is 23.2 Å². The molecule has 0 aromatic heterocycles. The maximum atomic E-state index is 12.2. The van der Waals surface area contributed by atoms with Gasteiger partial charge in [0.15, 0.2) is 5.78 Å². The fourth-order valence-corrected chi connectivity index (χ4v) is 2.73. The zero-order valence-corrected chi connectivity index (χ0v) is 10.7. The molecule has 16 heavy (non-hydrogen) atoms. The smallest absolute Gasteiger partial charge is 0.167 e. The molecule has 0 radical (unpaired) electrons. The van der Waals surface area contributed by atoms with Gasteiger partial charge in [-0.15, -0.1) is 0 Å². The molecule has 1 fully saturated rings. The molecule has 0 saturated heterocycles. The van der Waals surface area contributed by atoms with Crippen molar-refractivity contribution in [3.63, 3.8) is 0 Å². The normalized spacial score (nSPS) is 24.7. The molecule has 1 saturated carbocycles. The van der Waals surface area contributed by atoms with Crippen molar-refractivity contribution in [2.75, 3.05) is 0 Å². The number of hydrogen-bond acceptors (Lipinski definition) is 1. The average molecular weight is 257 g/mol. The van der Waals surface area contributed by atoms with Gasteiger partial charge in [-0.2, -0.15) is 0 Å². The first kappa shape index (κ1) is 11.9. The minimum absolute atomic E-state index is 0.131. The number of carbonyl (C=O) groups is 1. The maximum Gasteiger partial charge on any atom is 0.167 e. The monoisotopic (exact) mass is 256 g/mol. The van der Waals surface area contributed by atoms with Crippen molar-refractivity contribution in [3.05, 3.63) is 33.8 Å². The summed E-state index contributed by atoms with van der Waals surface area (Å²) in [6.07, 6.45) is 3.08. The highest BCUT2D eigenvalue weighted by Crippen LogP contribution is 2.34. The van der Waals surface area contributed by atoms with E-state index in [2.05, 4.69) is 6.92 Å². The van der Waals surface area contributed by atoms with E-state index in [0.717, 1.165) is 19.3 Å². The third-order valence-corrected chi connectivity index (χ3v) is 3.82. The van der Waals surface area contributed by atoms with Crippen LogP contribution in [-0.4, -0.2) is 5.78 Å². The van der Waals surface area contributed by atoms with E-state index in [0.29, 0.717) is 21.5 Å². The molecule has 1 aromatic carbocycles. The van der Waals surface area contributed by atoms with Crippen LogP contribution in [-0.2, 0) is 0 Å². The van der Waals surface area contributed by atoms with Crippen LogP contribution in [0, 0.1) is 11.8 Å². The van der Waals surface area contributed by atoms with Gasteiger partial charge < -0.3 is 0 Å². The fraction of sp³-hybridized carbons (Fsp3) is 0.462. The Balaban J connectivity index is 2.23. The lowest BCUT2D eigenvalue weighted by Gasteiger charge is -2.10. The van der Waals surface area contributed by atoms with Crippen LogP contribution in [0.1, 0.15) is 36.5 Å². The van der Waals surface area contributed by atoms with E-state index >= 15 is 0 Å². The van der Waals surface area contributed by atoms with Crippen LogP contribution >= 0.6 is 23.2 Å². The van der Waals surface area contributed by atoms with Gasteiger partial charge in [0.05, 0.1) is 5.02 Å². The van der Waals surface area contributed by atoms with Gasteiger partial charge in [0.1, 0.15) is 0 Å².